The van der Waals surface area contributed by atoms with Crippen LogP contribution in [0.4, 0.5) is 0 Å². The Labute approximate surface area is 175 Å². The van der Waals surface area contributed by atoms with E-state index in [-0.39, 0.29) is 11.7 Å². The Morgan fingerprint density at radius 3 is 2.37 bits per heavy atom. The first kappa shape index (κ1) is 18.6. The molecule has 4 aromatic rings. The molecule has 1 aliphatic rings. The van der Waals surface area contributed by atoms with Crippen LogP contribution in [0.3, 0.4) is 0 Å². The number of rotatable bonds is 3. The maximum atomic E-state index is 13.0. The molecule has 3 aromatic carbocycles. The highest BCUT2D eigenvalue weighted by Crippen LogP contribution is 2.27. The molecule has 1 aliphatic heterocycles. The van der Waals surface area contributed by atoms with E-state index in [0.717, 1.165) is 41.3 Å². The fraction of sp³-hybridized carbons (Fsp3) is 0.200. The fourth-order valence-electron chi connectivity index (χ4n) is 4.21. The summed E-state index contributed by atoms with van der Waals surface area (Å²) < 4.78 is 0. The number of phenolic OH excluding ortho intramolecular Hbond substituents is 1. The number of carbonyl (C=O) groups excluding carboxylic acids is 1. The number of phenols is 1. The molecule has 0 aliphatic carbocycles. The van der Waals surface area contributed by atoms with Crippen molar-refractivity contribution in [1.29, 1.82) is 0 Å². The molecule has 0 atom stereocenters. The zero-order valence-electron chi connectivity index (χ0n) is 16.7. The van der Waals surface area contributed by atoms with Crippen LogP contribution in [-0.4, -0.2) is 52.0 Å². The average molecular weight is 397 g/mol. The number of para-hydroxylation sites is 1. The molecule has 0 unspecified atom stereocenters. The maximum absolute atomic E-state index is 13.0. The number of aromatic hydroxyl groups is 1. The van der Waals surface area contributed by atoms with E-state index in [2.05, 4.69) is 34.1 Å². The highest BCUT2D eigenvalue weighted by molar-refractivity contribution is 6.01. The maximum Gasteiger partial charge on any atom is 0.257 e. The normalized spacial score (nSPS) is 15.0. The first-order valence-corrected chi connectivity index (χ1v) is 10.2. The van der Waals surface area contributed by atoms with Crippen LogP contribution in [0.2, 0.25) is 0 Å². The smallest absolute Gasteiger partial charge is 0.257 e. The van der Waals surface area contributed by atoms with Gasteiger partial charge in [0.05, 0.1) is 11.1 Å². The van der Waals surface area contributed by atoms with Gasteiger partial charge >= 0.3 is 0 Å². The topological polar surface area (TPSA) is 56.7 Å². The Morgan fingerprint density at radius 2 is 1.57 bits per heavy atom. The van der Waals surface area contributed by atoms with E-state index < -0.39 is 0 Å². The lowest BCUT2D eigenvalue weighted by atomic mass is 10.0. The summed E-state index contributed by atoms with van der Waals surface area (Å²) in [4.78, 5) is 21.8. The van der Waals surface area contributed by atoms with Crippen molar-refractivity contribution in [3.63, 3.8) is 0 Å². The summed E-state index contributed by atoms with van der Waals surface area (Å²) in [5, 5.41) is 13.4. The summed E-state index contributed by atoms with van der Waals surface area (Å²) in [5.74, 6) is -0.0623. The summed E-state index contributed by atoms with van der Waals surface area (Å²) in [6, 6.07) is 21.5. The van der Waals surface area contributed by atoms with Gasteiger partial charge < -0.3 is 10.0 Å². The number of carbonyl (C=O) groups is 1. The van der Waals surface area contributed by atoms with Crippen molar-refractivity contribution >= 4 is 27.6 Å². The summed E-state index contributed by atoms with van der Waals surface area (Å²) in [7, 11) is 0. The molecule has 0 spiro atoms. The molecule has 2 heterocycles. The van der Waals surface area contributed by atoms with Crippen LogP contribution < -0.4 is 0 Å². The molecule has 1 saturated heterocycles. The van der Waals surface area contributed by atoms with E-state index >= 15 is 0 Å². The second-order valence-corrected chi connectivity index (χ2v) is 7.78. The second kappa shape index (κ2) is 7.76. The van der Waals surface area contributed by atoms with Gasteiger partial charge in [-0.25, -0.2) is 0 Å². The fourth-order valence-corrected chi connectivity index (χ4v) is 4.21. The third-order valence-electron chi connectivity index (χ3n) is 5.86. The Kier molecular flexibility index (Phi) is 4.81. The van der Waals surface area contributed by atoms with Crippen LogP contribution in [0.15, 0.2) is 72.9 Å². The lowest BCUT2D eigenvalue weighted by molar-refractivity contribution is 0.0626. The second-order valence-electron chi connectivity index (χ2n) is 7.78. The first-order valence-electron chi connectivity index (χ1n) is 10.2. The van der Waals surface area contributed by atoms with Crippen molar-refractivity contribution in [3.05, 3.63) is 84.1 Å². The molecular weight excluding hydrogens is 374 g/mol. The molecule has 0 saturated carbocycles. The van der Waals surface area contributed by atoms with Crippen molar-refractivity contribution in [2.75, 3.05) is 26.2 Å². The summed E-state index contributed by atoms with van der Waals surface area (Å²) >= 11 is 0. The van der Waals surface area contributed by atoms with E-state index in [4.69, 9.17) is 0 Å². The highest BCUT2D eigenvalue weighted by Gasteiger charge is 2.24. The van der Waals surface area contributed by atoms with Gasteiger partial charge in [-0.1, -0.05) is 48.5 Å². The molecule has 0 bridgehead atoms. The van der Waals surface area contributed by atoms with Crippen LogP contribution in [0, 0.1) is 0 Å². The molecule has 5 rings (SSSR count). The van der Waals surface area contributed by atoms with Crippen molar-refractivity contribution < 1.29 is 9.90 Å². The molecule has 5 heteroatoms. The molecule has 1 fully saturated rings. The third kappa shape index (κ3) is 3.48. The molecular formula is C25H23N3O2. The standard InChI is InChI=1S/C25H23N3O2/c29-23-16-20-6-2-1-5-19(20)15-22(23)25(30)28-13-11-27(12-14-28)17-21-8-3-7-18-9-4-10-26-24(18)21/h1-10,15-16,29H,11-14,17H2. The lowest BCUT2D eigenvalue weighted by Crippen LogP contribution is -2.48. The predicted octanol–water partition coefficient (Wildman–Crippen LogP) is 4.05. The van der Waals surface area contributed by atoms with Gasteiger partial charge in [-0.2, -0.15) is 0 Å². The van der Waals surface area contributed by atoms with E-state index in [9.17, 15) is 9.90 Å². The number of piperazine rings is 1. The molecule has 1 aromatic heterocycles. The van der Waals surface area contributed by atoms with E-state index in [1.807, 2.05) is 41.4 Å². The minimum atomic E-state index is -0.107. The molecule has 30 heavy (non-hydrogen) atoms. The van der Waals surface area contributed by atoms with Crippen LogP contribution in [0.5, 0.6) is 5.75 Å². The van der Waals surface area contributed by atoms with Gasteiger partial charge in [-0.05, 0) is 34.5 Å². The number of hydrogen-bond donors (Lipinski definition) is 1. The molecule has 5 nitrogen and oxygen atoms in total. The number of hydrogen-bond acceptors (Lipinski definition) is 4. The van der Waals surface area contributed by atoms with Gasteiger partial charge in [0, 0.05) is 44.3 Å². The Hall–Kier alpha value is -3.44. The first-order chi connectivity index (χ1) is 14.7. The molecule has 0 radical (unpaired) electrons. The van der Waals surface area contributed by atoms with E-state index in [0.29, 0.717) is 18.7 Å². The van der Waals surface area contributed by atoms with Crippen LogP contribution in [0.25, 0.3) is 21.7 Å². The average Bonchev–Trinajstić information content (AvgIpc) is 2.79. The van der Waals surface area contributed by atoms with Gasteiger partial charge in [0.2, 0.25) is 0 Å². The minimum absolute atomic E-state index is 0.0444. The number of benzene rings is 3. The SMILES string of the molecule is O=C(c1cc2ccccc2cc1O)N1CCN(Cc2cccc3cccnc23)CC1. The van der Waals surface area contributed by atoms with E-state index in [1.54, 1.807) is 12.1 Å². The Balaban J connectivity index is 1.29. The van der Waals surface area contributed by atoms with Gasteiger partial charge in [0.25, 0.3) is 5.91 Å². The zero-order valence-corrected chi connectivity index (χ0v) is 16.7. The van der Waals surface area contributed by atoms with Gasteiger partial charge in [0.1, 0.15) is 5.75 Å². The van der Waals surface area contributed by atoms with Gasteiger partial charge in [-0.15, -0.1) is 0 Å². The van der Waals surface area contributed by atoms with Crippen LogP contribution >= 0.6 is 0 Å². The number of amides is 1. The van der Waals surface area contributed by atoms with E-state index in [1.165, 1.54) is 5.56 Å². The van der Waals surface area contributed by atoms with Crippen molar-refractivity contribution in [1.82, 2.24) is 14.8 Å². The summed E-state index contributed by atoms with van der Waals surface area (Å²) in [5.41, 5.74) is 2.63. The molecule has 1 amide bonds. The summed E-state index contributed by atoms with van der Waals surface area (Å²) in [6.45, 7) is 3.69. The zero-order chi connectivity index (χ0) is 20.5. The van der Waals surface area contributed by atoms with Crippen LogP contribution in [0.1, 0.15) is 15.9 Å². The lowest BCUT2D eigenvalue weighted by Gasteiger charge is -2.35. The highest BCUT2D eigenvalue weighted by atomic mass is 16.3. The number of aromatic nitrogens is 1. The van der Waals surface area contributed by atoms with Crippen molar-refractivity contribution in [3.8, 4) is 5.75 Å². The van der Waals surface area contributed by atoms with Gasteiger partial charge in [0.15, 0.2) is 0 Å². The van der Waals surface area contributed by atoms with Crippen LogP contribution in [-0.2, 0) is 6.54 Å². The summed E-state index contributed by atoms with van der Waals surface area (Å²) in [6.07, 6.45) is 1.83. The van der Waals surface area contributed by atoms with Gasteiger partial charge in [-0.3, -0.25) is 14.7 Å². The van der Waals surface area contributed by atoms with Crippen molar-refractivity contribution in [2.24, 2.45) is 0 Å². The van der Waals surface area contributed by atoms with Crippen molar-refractivity contribution in [2.45, 2.75) is 6.54 Å². The minimum Gasteiger partial charge on any atom is -0.507 e. The quantitative estimate of drug-likeness (QED) is 0.567. The Morgan fingerprint density at radius 1 is 0.867 bits per heavy atom. The number of nitrogens with zero attached hydrogens (tertiary/aromatic N) is 3. The largest absolute Gasteiger partial charge is 0.507 e. The molecule has 1 N–H and O–H groups in total. The Bertz CT molecular complexity index is 1220. The number of fused-ring (bicyclic) bond motifs is 2. The molecule has 150 valence electrons. The third-order valence-corrected chi connectivity index (χ3v) is 5.86. The number of pyridine rings is 1. The predicted molar refractivity (Wildman–Crippen MR) is 119 cm³/mol. The monoisotopic (exact) mass is 397 g/mol.